The van der Waals surface area contributed by atoms with E-state index in [4.69, 9.17) is 4.42 Å². The van der Waals surface area contributed by atoms with Gasteiger partial charge in [0, 0.05) is 38.1 Å². The van der Waals surface area contributed by atoms with E-state index in [0.29, 0.717) is 23.1 Å². The first-order valence-corrected chi connectivity index (χ1v) is 11.9. The molecule has 32 heavy (non-hydrogen) atoms. The molecule has 0 aliphatic heterocycles. The number of aromatic nitrogens is 1. The summed E-state index contributed by atoms with van der Waals surface area (Å²) in [5, 5.41) is 12.6. The Morgan fingerprint density at radius 2 is 1.75 bits per heavy atom. The zero-order valence-electron chi connectivity index (χ0n) is 16.5. The highest BCUT2D eigenvalue weighted by Crippen LogP contribution is 2.26. The summed E-state index contributed by atoms with van der Waals surface area (Å²) in [6.45, 7) is 0. The standard InChI is InChI=1S/C24H15Br2N3O2S/c25-18-5-1-15(2-6-18)11-21-14-28-24(32-21)29-23(30)17(13-27)12-20-9-10-22(31-20)16-3-7-19(26)8-4-16/h1-10,12,14H,11H2,(H,28,29,30). The van der Waals surface area contributed by atoms with E-state index in [1.807, 2.05) is 54.6 Å². The van der Waals surface area contributed by atoms with Crippen LogP contribution < -0.4 is 5.32 Å². The van der Waals surface area contributed by atoms with Crippen molar-refractivity contribution < 1.29 is 9.21 Å². The summed E-state index contributed by atoms with van der Waals surface area (Å²) in [7, 11) is 0. The van der Waals surface area contributed by atoms with Crippen LogP contribution in [-0.4, -0.2) is 10.9 Å². The average Bonchev–Trinajstić information content (AvgIpc) is 3.43. The number of carbonyl (C=O) groups excluding carboxylic acids is 1. The van der Waals surface area contributed by atoms with E-state index in [1.54, 1.807) is 18.3 Å². The maximum Gasteiger partial charge on any atom is 0.268 e. The van der Waals surface area contributed by atoms with Crippen molar-refractivity contribution in [3.63, 3.8) is 0 Å². The first-order valence-electron chi connectivity index (χ1n) is 9.48. The van der Waals surface area contributed by atoms with Gasteiger partial charge in [-0.2, -0.15) is 5.26 Å². The van der Waals surface area contributed by atoms with E-state index in [0.717, 1.165) is 24.9 Å². The lowest BCUT2D eigenvalue weighted by Crippen LogP contribution is -2.13. The monoisotopic (exact) mass is 567 g/mol. The molecule has 0 fully saturated rings. The highest BCUT2D eigenvalue weighted by molar-refractivity contribution is 9.10. The highest BCUT2D eigenvalue weighted by atomic mass is 79.9. The van der Waals surface area contributed by atoms with Crippen LogP contribution in [0.4, 0.5) is 5.13 Å². The van der Waals surface area contributed by atoms with Crippen LogP contribution in [0.25, 0.3) is 17.4 Å². The van der Waals surface area contributed by atoms with Crippen molar-refractivity contribution in [2.24, 2.45) is 0 Å². The number of rotatable bonds is 6. The Balaban J connectivity index is 1.44. The van der Waals surface area contributed by atoms with Crippen LogP contribution >= 0.6 is 43.2 Å². The molecule has 0 bridgehead atoms. The lowest BCUT2D eigenvalue weighted by Gasteiger charge is -2.00. The summed E-state index contributed by atoms with van der Waals surface area (Å²) in [4.78, 5) is 17.8. The maximum atomic E-state index is 12.6. The first-order chi connectivity index (χ1) is 15.5. The third kappa shape index (κ3) is 5.62. The largest absolute Gasteiger partial charge is 0.457 e. The van der Waals surface area contributed by atoms with Crippen LogP contribution in [0.5, 0.6) is 0 Å². The summed E-state index contributed by atoms with van der Waals surface area (Å²) >= 11 is 8.20. The zero-order chi connectivity index (χ0) is 22.5. The van der Waals surface area contributed by atoms with Crippen LogP contribution in [-0.2, 0) is 11.2 Å². The molecule has 0 saturated heterocycles. The molecule has 0 aliphatic rings. The number of carbonyl (C=O) groups is 1. The molecule has 0 saturated carbocycles. The van der Waals surface area contributed by atoms with Gasteiger partial charge in [-0.3, -0.25) is 10.1 Å². The van der Waals surface area contributed by atoms with Crippen molar-refractivity contribution in [3.8, 4) is 17.4 Å². The number of thiazole rings is 1. The third-order valence-corrected chi connectivity index (χ3v) is 6.44. The minimum atomic E-state index is -0.529. The summed E-state index contributed by atoms with van der Waals surface area (Å²) in [5.41, 5.74) is 1.98. The number of benzene rings is 2. The van der Waals surface area contributed by atoms with Crippen molar-refractivity contribution >= 4 is 60.3 Å². The number of hydrogen-bond acceptors (Lipinski definition) is 5. The number of hydrogen-bond donors (Lipinski definition) is 1. The molecule has 1 N–H and O–H groups in total. The second kappa shape index (κ2) is 10.1. The smallest absolute Gasteiger partial charge is 0.268 e. The number of anilines is 1. The number of nitrogens with zero attached hydrogens (tertiary/aromatic N) is 2. The molecular formula is C24H15Br2N3O2S. The summed E-state index contributed by atoms with van der Waals surface area (Å²) in [5.74, 6) is 0.544. The Kier molecular flexibility index (Phi) is 7.00. The normalized spacial score (nSPS) is 11.2. The summed E-state index contributed by atoms with van der Waals surface area (Å²) in [6.07, 6.45) is 3.87. The third-order valence-electron chi connectivity index (χ3n) is 4.47. The number of amides is 1. The average molecular weight is 569 g/mol. The fraction of sp³-hybridized carbons (Fsp3) is 0.0417. The van der Waals surface area contributed by atoms with E-state index >= 15 is 0 Å². The van der Waals surface area contributed by atoms with Crippen LogP contribution in [0.1, 0.15) is 16.2 Å². The molecular weight excluding hydrogens is 554 g/mol. The van der Waals surface area contributed by atoms with Gasteiger partial charge in [0.1, 0.15) is 23.2 Å². The van der Waals surface area contributed by atoms with Crippen molar-refractivity contribution in [3.05, 3.63) is 97.6 Å². The van der Waals surface area contributed by atoms with Crippen LogP contribution in [0, 0.1) is 11.3 Å². The molecule has 158 valence electrons. The molecule has 4 aromatic rings. The molecule has 8 heteroatoms. The molecule has 0 spiro atoms. The molecule has 0 unspecified atom stereocenters. The fourth-order valence-corrected chi connectivity index (χ4v) is 4.28. The maximum absolute atomic E-state index is 12.6. The Bertz CT molecular complexity index is 1320. The predicted octanol–water partition coefficient (Wildman–Crippen LogP) is 7.06. The molecule has 2 heterocycles. The molecule has 2 aromatic heterocycles. The minimum Gasteiger partial charge on any atom is -0.457 e. The minimum absolute atomic E-state index is 0.0636. The zero-order valence-corrected chi connectivity index (χ0v) is 20.5. The van der Waals surface area contributed by atoms with Crippen LogP contribution in [0.15, 0.2) is 85.8 Å². The topological polar surface area (TPSA) is 78.9 Å². The first kappa shape index (κ1) is 22.2. The number of halogens is 2. The van der Waals surface area contributed by atoms with Gasteiger partial charge in [0.25, 0.3) is 5.91 Å². The lowest BCUT2D eigenvalue weighted by molar-refractivity contribution is -0.112. The molecule has 0 atom stereocenters. The fourth-order valence-electron chi connectivity index (χ4n) is 2.91. The SMILES string of the molecule is N#CC(=Cc1ccc(-c2ccc(Br)cc2)o1)C(=O)Nc1ncc(Cc2ccc(Br)cc2)s1. The van der Waals surface area contributed by atoms with Crippen LogP contribution in [0.2, 0.25) is 0 Å². The predicted molar refractivity (Wildman–Crippen MR) is 133 cm³/mol. The van der Waals surface area contributed by atoms with Gasteiger partial charge in [-0.25, -0.2) is 4.98 Å². The van der Waals surface area contributed by atoms with Crippen molar-refractivity contribution in [2.75, 3.05) is 5.32 Å². The van der Waals surface area contributed by atoms with E-state index < -0.39 is 5.91 Å². The van der Waals surface area contributed by atoms with Gasteiger partial charge in [-0.05, 0) is 42.0 Å². The Labute approximate surface area is 205 Å². The van der Waals surface area contributed by atoms with Gasteiger partial charge in [0.05, 0.1) is 0 Å². The second-order valence-electron chi connectivity index (χ2n) is 6.77. The van der Waals surface area contributed by atoms with E-state index in [-0.39, 0.29) is 5.57 Å². The van der Waals surface area contributed by atoms with Crippen LogP contribution in [0.3, 0.4) is 0 Å². The van der Waals surface area contributed by atoms with Gasteiger partial charge in [-0.1, -0.05) is 56.1 Å². The quantitative estimate of drug-likeness (QED) is 0.199. The van der Waals surface area contributed by atoms with E-state index in [2.05, 4.69) is 42.2 Å². The Morgan fingerprint density at radius 1 is 1.06 bits per heavy atom. The van der Waals surface area contributed by atoms with E-state index in [9.17, 15) is 10.1 Å². The molecule has 0 aliphatic carbocycles. The summed E-state index contributed by atoms with van der Waals surface area (Å²) in [6, 6.07) is 21.2. The van der Waals surface area contributed by atoms with Crippen molar-refractivity contribution in [2.45, 2.75) is 6.42 Å². The van der Waals surface area contributed by atoms with Gasteiger partial charge >= 0.3 is 0 Å². The number of furan rings is 1. The summed E-state index contributed by atoms with van der Waals surface area (Å²) < 4.78 is 7.78. The Morgan fingerprint density at radius 3 is 2.44 bits per heavy atom. The van der Waals surface area contributed by atoms with Crippen molar-refractivity contribution in [1.29, 1.82) is 5.26 Å². The molecule has 5 nitrogen and oxygen atoms in total. The van der Waals surface area contributed by atoms with Gasteiger partial charge in [0.15, 0.2) is 5.13 Å². The number of nitriles is 1. The molecule has 0 radical (unpaired) electrons. The van der Waals surface area contributed by atoms with Gasteiger partial charge < -0.3 is 4.42 Å². The van der Waals surface area contributed by atoms with Gasteiger partial charge in [0.2, 0.25) is 0 Å². The van der Waals surface area contributed by atoms with E-state index in [1.165, 1.54) is 17.4 Å². The molecule has 2 aromatic carbocycles. The van der Waals surface area contributed by atoms with Gasteiger partial charge in [-0.15, -0.1) is 11.3 Å². The number of nitrogens with one attached hydrogen (secondary N) is 1. The second-order valence-corrected chi connectivity index (χ2v) is 9.71. The molecule has 1 amide bonds. The highest BCUT2D eigenvalue weighted by Gasteiger charge is 2.14. The Hall–Kier alpha value is -2.99. The molecule has 4 rings (SSSR count). The van der Waals surface area contributed by atoms with Crippen molar-refractivity contribution in [1.82, 2.24) is 4.98 Å². The lowest BCUT2D eigenvalue weighted by atomic mass is 10.1.